The van der Waals surface area contributed by atoms with Crippen molar-refractivity contribution in [1.82, 2.24) is 9.21 Å². The average Bonchev–Trinajstić information content (AvgIpc) is 3.13. The van der Waals surface area contributed by atoms with Gasteiger partial charge >= 0.3 is 6.09 Å². The highest BCUT2D eigenvalue weighted by Gasteiger charge is 2.58. The van der Waals surface area contributed by atoms with E-state index < -0.39 is 27.8 Å². The van der Waals surface area contributed by atoms with Crippen molar-refractivity contribution >= 4 is 16.1 Å². The number of nitrogens with zero attached hydrogens (tertiary/aromatic N) is 2. The maximum Gasteiger partial charge on any atom is 0.411 e. The molecule has 6 nitrogen and oxygen atoms in total. The van der Waals surface area contributed by atoms with Crippen LogP contribution in [-0.4, -0.2) is 49.4 Å². The number of amides is 1. The highest BCUT2D eigenvalue weighted by atomic mass is 32.2. The zero-order chi connectivity index (χ0) is 21.5. The lowest BCUT2D eigenvalue weighted by atomic mass is 9.79. The van der Waals surface area contributed by atoms with Gasteiger partial charge in [0, 0.05) is 30.8 Å². The molecule has 31 heavy (non-hydrogen) atoms. The molecule has 1 unspecified atom stereocenters. The van der Waals surface area contributed by atoms with Crippen molar-refractivity contribution in [3.8, 4) is 0 Å². The van der Waals surface area contributed by atoms with Crippen LogP contribution in [0, 0.1) is 0 Å². The molecule has 3 aromatic rings. The van der Waals surface area contributed by atoms with Gasteiger partial charge in [-0.1, -0.05) is 78.9 Å². The quantitative estimate of drug-likeness (QED) is 0.631. The van der Waals surface area contributed by atoms with Crippen molar-refractivity contribution in [2.75, 3.05) is 19.6 Å². The number of ether oxygens (including phenoxy) is 1. The molecular formula is C24H22N2O4S. The third kappa shape index (κ3) is 3.12. The molecule has 0 bridgehead atoms. The Bertz CT molecular complexity index is 1140. The highest BCUT2D eigenvalue weighted by molar-refractivity contribution is 7.89. The molecule has 2 fully saturated rings. The van der Waals surface area contributed by atoms with E-state index in [1.807, 2.05) is 60.7 Å². The minimum Gasteiger partial charge on any atom is -0.431 e. The number of rotatable bonds is 4. The van der Waals surface area contributed by atoms with E-state index in [9.17, 15) is 13.2 Å². The van der Waals surface area contributed by atoms with E-state index in [0.717, 1.165) is 11.1 Å². The molecule has 3 aromatic carbocycles. The largest absolute Gasteiger partial charge is 0.431 e. The van der Waals surface area contributed by atoms with Crippen molar-refractivity contribution in [2.24, 2.45) is 0 Å². The summed E-state index contributed by atoms with van der Waals surface area (Å²) in [6.45, 7) is 0.645. The summed E-state index contributed by atoms with van der Waals surface area (Å²) in [5.41, 5.74) is 0.548. The fourth-order valence-corrected chi connectivity index (χ4v) is 6.05. The van der Waals surface area contributed by atoms with Gasteiger partial charge in [-0.05, 0) is 12.1 Å². The molecule has 2 heterocycles. The maximum absolute atomic E-state index is 13.3. The summed E-state index contributed by atoms with van der Waals surface area (Å²) in [4.78, 5) is 14.8. The first-order valence-corrected chi connectivity index (χ1v) is 11.6. The van der Waals surface area contributed by atoms with Crippen LogP contribution in [-0.2, 0) is 20.4 Å². The molecule has 0 N–H and O–H groups in total. The molecule has 0 aromatic heterocycles. The van der Waals surface area contributed by atoms with Gasteiger partial charge in [0.25, 0.3) is 0 Å². The Morgan fingerprint density at radius 2 is 1.29 bits per heavy atom. The van der Waals surface area contributed by atoms with E-state index >= 15 is 0 Å². The lowest BCUT2D eigenvalue weighted by Crippen LogP contribution is -2.58. The molecule has 2 saturated heterocycles. The van der Waals surface area contributed by atoms with Crippen LogP contribution < -0.4 is 0 Å². The van der Waals surface area contributed by atoms with Crippen LogP contribution in [0.25, 0.3) is 0 Å². The third-order valence-corrected chi connectivity index (χ3v) is 7.96. The van der Waals surface area contributed by atoms with Crippen molar-refractivity contribution in [1.29, 1.82) is 0 Å². The third-order valence-electron chi connectivity index (χ3n) is 6.08. The molecule has 0 spiro atoms. The number of carbonyl (C=O) groups excluding carboxylic acids is 1. The predicted molar refractivity (Wildman–Crippen MR) is 116 cm³/mol. The fraction of sp³-hybridized carbons (Fsp3) is 0.208. The summed E-state index contributed by atoms with van der Waals surface area (Å²) < 4.78 is 34.2. The molecule has 2 aliphatic rings. The smallest absolute Gasteiger partial charge is 0.411 e. The van der Waals surface area contributed by atoms with Crippen LogP contribution in [0.4, 0.5) is 4.79 Å². The summed E-state index contributed by atoms with van der Waals surface area (Å²) in [7, 11) is -3.69. The molecule has 2 aliphatic heterocycles. The van der Waals surface area contributed by atoms with Gasteiger partial charge in [-0.3, -0.25) is 4.90 Å². The van der Waals surface area contributed by atoms with E-state index in [-0.39, 0.29) is 24.5 Å². The standard InChI is InChI=1S/C24H22N2O4S/c27-23-26-17-16-25(31(28,29)21-14-8-3-9-15-21)18-22(26)24(30-23,19-10-4-1-5-11-19)20-12-6-2-7-13-20/h1-15,22H,16-18H2. The van der Waals surface area contributed by atoms with Gasteiger partial charge in [-0.2, -0.15) is 4.31 Å². The number of hydrogen-bond acceptors (Lipinski definition) is 4. The minimum absolute atomic E-state index is 0.146. The normalized spacial score (nSPS) is 20.8. The zero-order valence-electron chi connectivity index (χ0n) is 16.8. The molecule has 0 radical (unpaired) electrons. The summed E-state index contributed by atoms with van der Waals surface area (Å²) in [5.74, 6) is 0. The first-order chi connectivity index (χ1) is 15.0. The molecule has 0 aliphatic carbocycles. The van der Waals surface area contributed by atoms with Crippen LogP contribution in [0.3, 0.4) is 0 Å². The van der Waals surface area contributed by atoms with E-state index in [1.54, 1.807) is 35.2 Å². The Morgan fingerprint density at radius 1 is 0.774 bits per heavy atom. The summed E-state index contributed by atoms with van der Waals surface area (Å²) in [6, 6.07) is 27.0. The van der Waals surface area contributed by atoms with Gasteiger partial charge in [0.1, 0.15) is 0 Å². The average molecular weight is 435 g/mol. The van der Waals surface area contributed by atoms with Crippen molar-refractivity contribution in [3.63, 3.8) is 0 Å². The summed E-state index contributed by atoms with van der Waals surface area (Å²) in [6.07, 6.45) is -0.422. The minimum atomic E-state index is -3.69. The molecule has 158 valence electrons. The SMILES string of the molecule is O=C1OC(c2ccccc2)(c2ccccc2)C2CN(S(=O)(=O)c3ccccc3)CCN12. The molecule has 0 saturated carbocycles. The van der Waals surface area contributed by atoms with E-state index in [2.05, 4.69) is 0 Å². The topological polar surface area (TPSA) is 66.9 Å². The van der Waals surface area contributed by atoms with Gasteiger partial charge in [0.05, 0.1) is 10.9 Å². The van der Waals surface area contributed by atoms with Crippen LogP contribution in [0.1, 0.15) is 11.1 Å². The van der Waals surface area contributed by atoms with E-state index in [0.29, 0.717) is 0 Å². The molecule has 1 amide bonds. The van der Waals surface area contributed by atoms with Crippen LogP contribution in [0.2, 0.25) is 0 Å². The number of hydrogen-bond donors (Lipinski definition) is 0. The number of carbonyl (C=O) groups is 1. The second-order valence-corrected chi connectivity index (χ2v) is 9.66. The second kappa shape index (κ2) is 7.51. The lowest BCUT2D eigenvalue weighted by Gasteiger charge is -2.41. The van der Waals surface area contributed by atoms with E-state index in [4.69, 9.17) is 4.74 Å². The number of piperazine rings is 1. The second-order valence-electron chi connectivity index (χ2n) is 7.72. The Kier molecular flexibility index (Phi) is 4.79. The summed E-state index contributed by atoms with van der Waals surface area (Å²) >= 11 is 0. The van der Waals surface area contributed by atoms with Crippen LogP contribution >= 0.6 is 0 Å². The monoisotopic (exact) mass is 434 g/mol. The van der Waals surface area contributed by atoms with E-state index in [1.165, 1.54) is 4.31 Å². The predicted octanol–water partition coefficient (Wildman–Crippen LogP) is 3.46. The fourth-order valence-electron chi connectivity index (χ4n) is 4.59. The van der Waals surface area contributed by atoms with Gasteiger partial charge in [-0.15, -0.1) is 0 Å². The summed E-state index contributed by atoms with van der Waals surface area (Å²) in [5, 5.41) is 0. The lowest BCUT2D eigenvalue weighted by molar-refractivity contribution is 0.0579. The number of cyclic esters (lactones) is 1. The maximum atomic E-state index is 13.3. The molecular weight excluding hydrogens is 412 g/mol. The van der Waals surface area contributed by atoms with Gasteiger partial charge in [-0.25, -0.2) is 13.2 Å². The van der Waals surface area contributed by atoms with Crippen LogP contribution in [0.5, 0.6) is 0 Å². The molecule has 7 heteroatoms. The zero-order valence-corrected chi connectivity index (χ0v) is 17.6. The van der Waals surface area contributed by atoms with Gasteiger partial charge < -0.3 is 4.74 Å². The number of fused-ring (bicyclic) bond motifs is 1. The Balaban J connectivity index is 1.62. The Hall–Kier alpha value is -3.16. The van der Waals surface area contributed by atoms with Gasteiger partial charge in [0.2, 0.25) is 10.0 Å². The van der Waals surface area contributed by atoms with Crippen molar-refractivity contribution in [3.05, 3.63) is 102 Å². The van der Waals surface area contributed by atoms with Crippen molar-refractivity contribution in [2.45, 2.75) is 16.5 Å². The molecule has 1 atom stereocenters. The highest BCUT2D eigenvalue weighted by Crippen LogP contribution is 2.46. The van der Waals surface area contributed by atoms with Crippen molar-refractivity contribution < 1.29 is 17.9 Å². The number of sulfonamides is 1. The Morgan fingerprint density at radius 3 is 1.84 bits per heavy atom. The molecule has 5 rings (SSSR count). The Labute approximate surface area is 181 Å². The first-order valence-electron chi connectivity index (χ1n) is 10.2. The first kappa shape index (κ1) is 19.8. The van der Waals surface area contributed by atoms with Crippen LogP contribution in [0.15, 0.2) is 95.9 Å². The van der Waals surface area contributed by atoms with Gasteiger partial charge in [0.15, 0.2) is 5.60 Å². The number of benzene rings is 3.